The molecule has 5 nitrogen and oxygen atoms in total. The van der Waals surface area contributed by atoms with Crippen LogP contribution in [-0.4, -0.2) is 33.9 Å². The molecular weight excluding hydrogens is 252 g/mol. The van der Waals surface area contributed by atoms with Crippen LogP contribution in [0.5, 0.6) is 0 Å². The van der Waals surface area contributed by atoms with Crippen LogP contribution in [0, 0.1) is 0 Å². The fraction of sp³-hybridized carbons (Fsp3) is 0.267. The maximum absolute atomic E-state index is 12.3. The summed E-state index contributed by atoms with van der Waals surface area (Å²) in [5.74, 6) is 0.433. The van der Waals surface area contributed by atoms with E-state index in [2.05, 4.69) is 15.3 Å². The zero-order valence-corrected chi connectivity index (χ0v) is 11.1. The molecule has 2 heterocycles. The number of amides is 1. The largest absolute Gasteiger partial charge is 0.337 e. The van der Waals surface area contributed by atoms with Gasteiger partial charge in [-0.2, -0.15) is 0 Å². The molecule has 3 rings (SSSR count). The van der Waals surface area contributed by atoms with Crippen LogP contribution in [0.15, 0.2) is 42.6 Å². The molecule has 1 aromatic heterocycles. The molecule has 1 aliphatic heterocycles. The SMILES string of the molecule is O=C(c1ccnc(Nc2ccccc2)n1)N1CCCC1. The van der Waals surface area contributed by atoms with E-state index in [-0.39, 0.29) is 5.91 Å². The van der Waals surface area contributed by atoms with Gasteiger partial charge in [-0.25, -0.2) is 9.97 Å². The summed E-state index contributed by atoms with van der Waals surface area (Å²) in [5, 5.41) is 3.10. The Hall–Kier alpha value is -2.43. The molecule has 1 N–H and O–H groups in total. The minimum absolute atomic E-state index is 0.0130. The van der Waals surface area contributed by atoms with Gasteiger partial charge in [0.25, 0.3) is 5.91 Å². The normalized spacial score (nSPS) is 14.3. The number of carbonyl (C=O) groups is 1. The topological polar surface area (TPSA) is 58.1 Å². The van der Waals surface area contributed by atoms with Crippen LogP contribution in [0.25, 0.3) is 0 Å². The summed E-state index contributed by atoms with van der Waals surface area (Å²) >= 11 is 0. The van der Waals surface area contributed by atoms with Gasteiger partial charge < -0.3 is 10.2 Å². The third-order valence-corrected chi connectivity index (χ3v) is 3.30. The molecule has 0 bridgehead atoms. The predicted molar refractivity (Wildman–Crippen MR) is 76.9 cm³/mol. The molecule has 102 valence electrons. The Bertz CT molecular complexity index is 594. The number of para-hydroxylation sites is 1. The van der Waals surface area contributed by atoms with Crippen LogP contribution in [0.2, 0.25) is 0 Å². The predicted octanol–water partition coefficient (Wildman–Crippen LogP) is 2.46. The Morgan fingerprint density at radius 3 is 2.60 bits per heavy atom. The highest BCUT2D eigenvalue weighted by atomic mass is 16.2. The average Bonchev–Trinajstić information content (AvgIpc) is 3.02. The van der Waals surface area contributed by atoms with Gasteiger partial charge in [-0.3, -0.25) is 4.79 Å². The van der Waals surface area contributed by atoms with Crippen molar-refractivity contribution in [2.75, 3.05) is 18.4 Å². The first-order chi connectivity index (χ1) is 9.83. The van der Waals surface area contributed by atoms with Crippen molar-refractivity contribution < 1.29 is 4.79 Å². The summed E-state index contributed by atoms with van der Waals surface area (Å²) in [4.78, 5) is 22.6. The van der Waals surface area contributed by atoms with E-state index >= 15 is 0 Å². The van der Waals surface area contributed by atoms with Crippen LogP contribution < -0.4 is 5.32 Å². The maximum atomic E-state index is 12.3. The molecule has 20 heavy (non-hydrogen) atoms. The van der Waals surface area contributed by atoms with Crippen LogP contribution in [0.1, 0.15) is 23.3 Å². The molecule has 1 fully saturated rings. The number of rotatable bonds is 3. The van der Waals surface area contributed by atoms with Gasteiger partial charge in [0.1, 0.15) is 5.69 Å². The Morgan fingerprint density at radius 2 is 1.85 bits per heavy atom. The number of likely N-dealkylation sites (tertiary alicyclic amines) is 1. The lowest BCUT2D eigenvalue weighted by atomic mass is 10.3. The van der Waals surface area contributed by atoms with Gasteiger partial charge in [0.15, 0.2) is 0 Å². The standard InChI is InChI=1S/C15H16N4O/c20-14(19-10-4-5-11-19)13-8-9-16-15(18-13)17-12-6-2-1-3-7-12/h1-3,6-9H,4-5,10-11H2,(H,16,17,18). The van der Waals surface area contributed by atoms with Crippen LogP contribution >= 0.6 is 0 Å². The minimum atomic E-state index is -0.0130. The first-order valence-corrected chi connectivity index (χ1v) is 6.77. The summed E-state index contributed by atoms with van der Waals surface area (Å²) in [6.07, 6.45) is 3.76. The highest BCUT2D eigenvalue weighted by Crippen LogP contribution is 2.14. The highest BCUT2D eigenvalue weighted by Gasteiger charge is 2.20. The van der Waals surface area contributed by atoms with Gasteiger partial charge in [-0.15, -0.1) is 0 Å². The van der Waals surface area contributed by atoms with Crippen molar-refractivity contribution in [3.05, 3.63) is 48.3 Å². The molecule has 1 aromatic carbocycles. The van der Waals surface area contributed by atoms with E-state index in [0.29, 0.717) is 11.6 Å². The molecule has 0 aliphatic carbocycles. The van der Waals surface area contributed by atoms with Gasteiger partial charge >= 0.3 is 0 Å². The molecule has 0 radical (unpaired) electrons. The van der Waals surface area contributed by atoms with Crippen molar-refractivity contribution in [2.24, 2.45) is 0 Å². The fourth-order valence-corrected chi connectivity index (χ4v) is 2.27. The molecule has 0 saturated carbocycles. The third kappa shape index (κ3) is 2.77. The van der Waals surface area contributed by atoms with E-state index in [4.69, 9.17) is 0 Å². The Morgan fingerprint density at radius 1 is 1.10 bits per heavy atom. The highest BCUT2D eigenvalue weighted by molar-refractivity contribution is 5.92. The van der Waals surface area contributed by atoms with Crippen molar-refractivity contribution in [2.45, 2.75) is 12.8 Å². The molecule has 2 aromatic rings. The smallest absolute Gasteiger partial charge is 0.272 e. The summed E-state index contributed by atoms with van der Waals surface area (Å²) in [6.45, 7) is 1.65. The van der Waals surface area contributed by atoms with Crippen molar-refractivity contribution in [3.63, 3.8) is 0 Å². The Balaban J connectivity index is 1.77. The van der Waals surface area contributed by atoms with E-state index in [1.807, 2.05) is 35.2 Å². The zero-order chi connectivity index (χ0) is 13.8. The van der Waals surface area contributed by atoms with E-state index in [1.54, 1.807) is 12.3 Å². The quantitative estimate of drug-likeness (QED) is 0.929. The molecule has 0 spiro atoms. The number of aromatic nitrogens is 2. The van der Waals surface area contributed by atoms with E-state index < -0.39 is 0 Å². The molecule has 1 saturated heterocycles. The molecular formula is C15H16N4O. The number of hydrogen-bond acceptors (Lipinski definition) is 4. The Kier molecular flexibility index (Phi) is 3.58. The second-order valence-corrected chi connectivity index (χ2v) is 4.76. The second kappa shape index (κ2) is 5.69. The summed E-state index contributed by atoms with van der Waals surface area (Å²) in [7, 11) is 0. The number of anilines is 2. The Labute approximate surface area is 117 Å². The molecule has 1 aliphatic rings. The van der Waals surface area contributed by atoms with Crippen molar-refractivity contribution in [1.82, 2.24) is 14.9 Å². The number of nitrogens with one attached hydrogen (secondary N) is 1. The monoisotopic (exact) mass is 268 g/mol. The lowest BCUT2D eigenvalue weighted by Crippen LogP contribution is -2.28. The first kappa shape index (κ1) is 12.6. The minimum Gasteiger partial charge on any atom is -0.337 e. The fourth-order valence-electron chi connectivity index (χ4n) is 2.27. The van der Waals surface area contributed by atoms with Crippen molar-refractivity contribution >= 4 is 17.5 Å². The summed E-state index contributed by atoms with van der Waals surface area (Å²) in [6, 6.07) is 11.3. The lowest BCUT2D eigenvalue weighted by Gasteiger charge is -2.14. The number of hydrogen-bond donors (Lipinski definition) is 1. The molecule has 0 unspecified atom stereocenters. The number of benzene rings is 1. The maximum Gasteiger partial charge on any atom is 0.272 e. The summed E-state index contributed by atoms with van der Waals surface area (Å²) in [5.41, 5.74) is 1.35. The zero-order valence-electron chi connectivity index (χ0n) is 11.1. The lowest BCUT2D eigenvalue weighted by molar-refractivity contribution is 0.0787. The van der Waals surface area contributed by atoms with Gasteiger partial charge in [0.05, 0.1) is 0 Å². The van der Waals surface area contributed by atoms with Crippen LogP contribution in [-0.2, 0) is 0 Å². The van der Waals surface area contributed by atoms with E-state index in [0.717, 1.165) is 31.6 Å². The van der Waals surface area contributed by atoms with Gasteiger partial charge in [-0.1, -0.05) is 18.2 Å². The van der Waals surface area contributed by atoms with Gasteiger partial charge in [0, 0.05) is 25.0 Å². The van der Waals surface area contributed by atoms with Crippen LogP contribution in [0.3, 0.4) is 0 Å². The molecule has 0 atom stereocenters. The molecule has 1 amide bonds. The number of nitrogens with zero attached hydrogens (tertiary/aromatic N) is 3. The molecule has 5 heteroatoms. The van der Waals surface area contributed by atoms with Crippen molar-refractivity contribution in [1.29, 1.82) is 0 Å². The summed E-state index contributed by atoms with van der Waals surface area (Å²) < 4.78 is 0. The van der Waals surface area contributed by atoms with Crippen LogP contribution in [0.4, 0.5) is 11.6 Å². The van der Waals surface area contributed by atoms with Gasteiger partial charge in [0.2, 0.25) is 5.95 Å². The second-order valence-electron chi connectivity index (χ2n) is 4.76. The van der Waals surface area contributed by atoms with Crippen molar-refractivity contribution in [3.8, 4) is 0 Å². The van der Waals surface area contributed by atoms with E-state index in [9.17, 15) is 4.79 Å². The first-order valence-electron chi connectivity index (χ1n) is 6.77. The number of carbonyl (C=O) groups excluding carboxylic acids is 1. The van der Waals surface area contributed by atoms with E-state index in [1.165, 1.54) is 0 Å². The third-order valence-electron chi connectivity index (χ3n) is 3.30. The average molecular weight is 268 g/mol. The van der Waals surface area contributed by atoms with Gasteiger partial charge in [-0.05, 0) is 31.0 Å².